The monoisotopic (exact) mass is 382 g/mol. The van der Waals surface area contributed by atoms with E-state index < -0.39 is 0 Å². The number of carbonyl (C=O) groups is 1. The molecule has 138 valence electrons. The van der Waals surface area contributed by atoms with Crippen LogP contribution in [0.1, 0.15) is 18.1 Å². The maximum atomic E-state index is 11.1. The van der Waals surface area contributed by atoms with Gasteiger partial charge in [-0.3, -0.25) is 4.79 Å². The van der Waals surface area contributed by atoms with Crippen LogP contribution in [0.15, 0.2) is 42.6 Å². The van der Waals surface area contributed by atoms with Crippen molar-refractivity contribution < 1.29 is 4.79 Å². The maximum Gasteiger partial charge on any atom is 0.249 e. The van der Waals surface area contributed by atoms with Gasteiger partial charge >= 0.3 is 0 Å². The van der Waals surface area contributed by atoms with Crippen LogP contribution in [0.4, 0.5) is 28.8 Å². The van der Waals surface area contributed by atoms with Crippen LogP contribution < -0.4 is 16.0 Å². The summed E-state index contributed by atoms with van der Waals surface area (Å²) in [6.07, 6.45) is 1.53. The van der Waals surface area contributed by atoms with Gasteiger partial charge in [-0.25, -0.2) is 0 Å². The highest BCUT2D eigenvalue weighted by molar-refractivity contribution is 6.33. The summed E-state index contributed by atoms with van der Waals surface area (Å²) in [4.78, 5) is 15.5. The van der Waals surface area contributed by atoms with Gasteiger partial charge in [0.05, 0.1) is 16.9 Å². The highest BCUT2D eigenvalue weighted by Gasteiger charge is 2.08. The van der Waals surface area contributed by atoms with Gasteiger partial charge in [0.25, 0.3) is 0 Å². The molecule has 0 aliphatic heterocycles. The zero-order chi connectivity index (χ0) is 19.4. The lowest BCUT2D eigenvalue weighted by atomic mass is 10.1. The van der Waals surface area contributed by atoms with Crippen molar-refractivity contribution in [2.24, 2.45) is 0 Å². The molecule has 0 bridgehead atoms. The van der Waals surface area contributed by atoms with Gasteiger partial charge in [-0.05, 0) is 55.3 Å². The van der Waals surface area contributed by atoms with Crippen LogP contribution in [0.2, 0.25) is 5.02 Å². The van der Waals surface area contributed by atoms with E-state index in [2.05, 4.69) is 31.1 Å². The lowest BCUT2D eigenvalue weighted by Gasteiger charge is -2.12. The number of hydrogen-bond acceptors (Lipinski definition) is 6. The second-order valence-electron chi connectivity index (χ2n) is 6.11. The Morgan fingerprint density at radius 2 is 1.74 bits per heavy atom. The first-order chi connectivity index (χ1) is 12.9. The van der Waals surface area contributed by atoms with Gasteiger partial charge in [0.1, 0.15) is 0 Å². The summed E-state index contributed by atoms with van der Waals surface area (Å²) in [7, 11) is 0. The Bertz CT molecular complexity index is 951. The fourth-order valence-corrected chi connectivity index (χ4v) is 2.96. The van der Waals surface area contributed by atoms with E-state index in [4.69, 9.17) is 11.6 Å². The van der Waals surface area contributed by atoms with Gasteiger partial charge in [-0.1, -0.05) is 17.7 Å². The SMILES string of the molecule is CC(=O)Nc1ccc(Nc2nncc(Nc3c(C)cc(C)cc3Cl)n2)cc1. The van der Waals surface area contributed by atoms with E-state index in [9.17, 15) is 4.79 Å². The third-order valence-corrected chi connectivity index (χ3v) is 4.00. The third-order valence-electron chi connectivity index (χ3n) is 3.71. The fraction of sp³-hybridized carbons (Fsp3) is 0.158. The molecule has 0 spiro atoms. The molecule has 7 nitrogen and oxygen atoms in total. The predicted molar refractivity (Wildman–Crippen MR) is 108 cm³/mol. The van der Waals surface area contributed by atoms with Crippen molar-refractivity contribution in [3.8, 4) is 0 Å². The summed E-state index contributed by atoms with van der Waals surface area (Å²) in [6, 6.07) is 11.1. The Labute approximate surface area is 162 Å². The van der Waals surface area contributed by atoms with Crippen LogP contribution in [0.3, 0.4) is 0 Å². The largest absolute Gasteiger partial charge is 0.337 e. The fourth-order valence-electron chi connectivity index (χ4n) is 2.59. The first-order valence-electron chi connectivity index (χ1n) is 8.29. The Hall–Kier alpha value is -3.19. The molecule has 0 aliphatic rings. The van der Waals surface area contributed by atoms with Gasteiger partial charge in [0.15, 0.2) is 5.82 Å². The van der Waals surface area contributed by atoms with Crippen molar-refractivity contribution in [2.45, 2.75) is 20.8 Å². The molecule has 3 rings (SSSR count). The molecular weight excluding hydrogens is 364 g/mol. The maximum absolute atomic E-state index is 11.1. The summed E-state index contributed by atoms with van der Waals surface area (Å²) < 4.78 is 0. The van der Waals surface area contributed by atoms with E-state index >= 15 is 0 Å². The predicted octanol–water partition coefficient (Wildman–Crippen LogP) is 4.59. The number of benzene rings is 2. The molecular formula is C19H19ClN6O. The van der Waals surface area contributed by atoms with Gasteiger partial charge in [-0.15, -0.1) is 5.10 Å². The Morgan fingerprint density at radius 3 is 2.41 bits per heavy atom. The van der Waals surface area contributed by atoms with Gasteiger partial charge < -0.3 is 16.0 Å². The highest BCUT2D eigenvalue weighted by atomic mass is 35.5. The Kier molecular flexibility index (Phi) is 5.52. The van der Waals surface area contributed by atoms with Crippen molar-refractivity contribution in [2.75, 3.05) is 16.0 Å². The molecule has 3 N–H and O–H groups in total. The zero-order valence-corrected chi connectivity index (χ0v) is 15.9. The molecule has 0 saturated heterocycles. The summed E-state index contributed by atoms with van der Waals surface area (Å²) >= 11 is 6.33. The van der Waals surface area contributed by atoms with Crippen molar-refractivity contribution in [3.63, 3.8) is 0 Å². The summed E-state index contributed by atoms with van der Waals surface area (Å²) in [5, 5.41) is 17.6. The molecule has 0 unspecified atom stereocenters. The number of aromatic nitrogens is 3. The quantitative estimate of drug-likeness (QED) is 0.597. The molecule has 1 aromatic heterocycles. The minimum atomic E-state index is -0.118. The number of rotatable bonds is 5. The van der Waals surface area contributed by atoms with E-state index in [1.165, 1.54) is 13.1 Å². The minimum Gasteiger partial charge on any atom is -0.337 e. The van der Waals surface area contributed by atoms with Crippen molar-refractivity contribution in [3.05, 3.63) is 58.7 Å². The normalized spacial score (nSPS) is 10.4. The molecule has 1 heterocycles. The molecule has 2 aromatic carbocycles. The van der Waals surface area contributed by atoms with E-state index in [1.54, 1.807) is 12.1 Å². The van der Waals surface area contributed by atoms with Crippen LogP contribution in [0, 0.1) is 13.8 Å². The van der Waals surface area contributed by atoms with E-state index in [-0.39, 0.29) is 5.91 Å². The average Bonchev–Trinajstić information content (AvgIpc) is 2.60. The van der Waals surface area contributed by atoms with Gasteiger partial charge in [-0.2, -0.15) is 10.1 Å². The first-order valence-corrected chi connectivity index (χ1v) is 8.66. The smallest absolute Gasteiger partial charge is 0.249 e. The number of anilines is 5. The van der Waals surface area contributed by atoms with Crippen molar-refractivity contribution in [1.82, 2.24) is 15.2 Å². The molecule has 0 fully saturated rings. The minimum absolute atomic E-state index is 0.118. The number of halogens is 1. The molecule has 27 heavy (non-hydrogen) atoms. The van der Waals surface area contributed by atoms with E-state index in [0.717, 1.165) is 22.5 Å². The van der Waals surface area contributed by atoms with Gasteiger partial charge in [0, 0.05) is 18.3 Å². The summed E-state index contributed by atoms with van der Waals surface area (Å²) in [6.45, 7) is 5.44. The van der Waals surface area contributed by atoms with Crippen LogP contribution >= 0.6 is 11.6 Å². The van der Waals surface area contributed by atoms with Crippen LogP contribution in [0.5, 0.6) is 0 Å². The molecule has 0 radical (unpaired) electrons. The van der Waals surface area contributed by atoms with E-state index in [1.807, 2.05) is 38.1 Å². The Balaban J connectivity index is 1.75. The lowest BCUT2D eigenvalue weighted by Crippen LogP contribution is -2.06. The number of aryl methyl sites for hydroxylation is 2. The number of hydrogen-bond donors (Lipinski definition) is 3. The van der Waals surface area contributed by atoms with E-state index in [0.29, 0.717) is 22.5 Å². The van der Waals surface area contributed by atoms with Crippen molar-refractivity contribution >= 4 is 46.3 Å². The molecule has 1 amide bonds. The number of nitrogens with one attached hydrogen (secondary N) is 3. The van der Waals surface area contributed by atoms with Gasteiger partial charge in [0.2, 0.25) is 11.9 Å². The molecule has 3 aromatic rings. The number of carbonyl (C=O) groups excluding carboxylic acids is 1. The van der Waals surface area contributed by atoms with Crippen LogP contribution in [-0.2, 0) is 4.79 Å². The first kappa shape index (κ1) is 18.6. The topological polar surface area (TPSA) is 91.8 Å². The van der Waals surface area contributed by atoms with Crippen LogP contribution in [0.25, 0.3) is 0 Å². The summed E-state index contributed by atoms with van der Waals surface area (Å²) in [5.74, 6) is 0.747. The summed E-state index contributed by atoms with van der Waals surface area (Å²) in [5.41, 5.74) is 4.38. The molecule has 0 atom stereocenters. The second-order valence-corrected chi connectivity index (χ2v) is 6.52. The number of nitrogens with zero attached hydrogens (tertiary/aromatic N) is 3. The standard InChI is InChI=1S/C19H19ClN6O/c1-11-8-12(2)18(16(20)9-11)24-17-10-21-26-19(25-17)23-15-6-4-14(5-7-15)22-13(3)27/h4-10H,1-3H3,(H,22,27)(H2,23,24,25,26). The van der Waals surface area contributed by atoms with Crippen molar-refractivity contribution in [1.29, 1.82) is 0 Å². The lowest BCUT2D eigenvalue weighted by molar-refractivity contribution is -0.114. The van der Waals surface area contributed by atoms with Crippen LogP contribution in [-0.4, -0.2) is 21.1 Å². The second kappa shape index (κ2) is 8.01. The molecule has 0 aliphatic carbocycles. The molecule has 8 heteroatoms. The molecule has 0 saturated carbocycles. The average molecular weight is 383 g/mol. The highest BCUT2D eigenvalue weighted by Crippen LogP contribution is 2.29. The number of amides is 1. The third kappa shape index (κ3) is 4.92. The Morgan fingerprint density at radius 1 is 1.04 bits per heavy atom. The zero-order valence-electron chi connectivity index (χ0n) is 15.2.